The highest BCUT2D eigenvalue weighted by Crippen LogP contribution is 2.22. The molecule has 0 bridgehead atoms. The SMILES string of the molecule is Cc1cc(C)cc(NC(=O)C2CCCN(Cc3nc(-c4cccc(C)c4)no3)C2)c1. The summed E-state index contributed by atoms with van der Waals surface area (Å²) in [5, 5.41) is 7.22. The minimum absolute atomic E-state index is 0.0428. The minimum Gasteiger partial charge on any atom is -0.338 e. The van der Waals surface area contributed by atoms with Gasteiger partial charge in [-0.15, -0.1) is 0 Å². The van der Waals surface area contributed by atoms with Gasteiger partial charge in [0.25, 0.3) is 0 Å². The molecule has 0 spiro atoms. The number of aromatic nitrogens is 2. The number of amides is 1. The highest BCUT2D eigenvalue weighted by molar-refractivity contribution is 5.93. The monoisotopic (exact) mass is 404 g/mol. The van der Waals surface area contributed by atoms with Crippen LogP contribution in [0.2, 0.25) is 0 Å². The third-order valence-corrected chi connectivity index (χ3v) is 5.47. The Morgan fingerprint density at radius 2 is 1.93 bits per heavy atom. The van der Waals surface area contributed by atoms with E-state index in [-0.39, 0.29) is 11.8 Å². The first-order valence-electron chi connectivity index (χ1n) is 10.5. The molecule has 4 rings (SSSR count). The molecule has 2 aromatic carbocycles. The molecule has 0 radical (unpaired) electrons. The average Bonchev–Trinajstić information content (AvgIpc) is 3.16. The maximum atomic E-state index is 12.8. The predicted molar refractivity (Wildman–Crippen MR) is 117 cm³/mol. The van der Waals surface area contributed by atoms with E-state index in [4.69, 9.17) is 4.52 Å². The van der Waals surface area contributed by atoms with Crippen LogP contribution in [0, 0.1) is 26.7 Å². The normalized spacial score (nSPS) is 17.1. The summed E-state index contributed by atoms with van der Waals surface area (Å²) in [4.78, 5) is 19.6. The molecular formula is C24H28N4O2. The number of carbonyl (C=O) groups is 1. The van der Waals surface area contributed by atoms with Crippen LogP contribution in [0.25, 0.3) is 11.4 Å². The molecule has 1 N–H and O–H groups in total. The topological polar surface area (TPSA) is 71.3 Å². The molecule has 1 atom stereocenters. The number of anilines is 1. The van der Waals surface area contributed by atoms with E-state index in [1.54, 1.807) is 0 Å². The van der Waals surface area contributed by atoms with Gasteiger partial charge < -0.3 is 9.84 Å². The van der Waals surface area contributed by atoms with Gasteiger partial charge in [0.05, 0.1) is 12.5 Å². The first kappa shape index (κ1) is 20.3. The molecule has 0 aliphatic carbocycles. The van der Waals surface area contributed by atoms with Crippen molar-refractivity contribution in [1.29, 1.82) is 0 Å². The minimum atomic E-state index is -0.0428. The summed E-state index contributed by atoms with van der Waals surface area (Å²) in [5.74, 6) is 1.23. The Balaban J connectivity index is 1.38. The fourth-order valence-corrected chi connectivity index (χ4v) is 4.12. The Morgan fingerprint density at radius 3 is 2.70 bits per heavy atom. The number of hydrogen-bond donors (Lipinski definition) is 1. The zero-order valence-corrected chi connectivity index (χ0v) is 17.8. The van der Waals surface area contributed by atoms with Gasteiger partial charge in [-0.1, -0.05) is 35.0 Å². The summed E-state index contributed by atoms with van der Waals surface area (Å²) in [6.45, 7) is 8.31. The van der Waals surface area contributed by atoms with Gasteiger partial charge in [-0.05, 0) is 69.5 Å². The van der Waals surface area contributed by atoms with Crippen molar-refractivity contribution in [3.05, 3.63) is 65.0 Å². The largest absolute Gasteiger partial charge is 0.338 e. The summed E-state index contributed by atoms with van der Waals surface area (Å²) in [6.07, 6.45) is 1.87. The second-order valence-electron chi connectivity index (χ2n) is 8.32. The summed E-state index contributed by atoms with van der Waals surface area (Å²) in [7, 11) is 0. The van der Waals surface area contributed by atoms with Crippen LogP contribution in [0.3, 0.4) is 0 Å². The quantitative estimate of drug-likeness (QED) is 0.677. The second kappa shape index (κ2) is 8.79. The number of piperidine rings is 1. The number of benzene rings is 2. The number of carbonyl (C=O) groups excluding carboxylic acids is 1. The maximum absolute atomic E-state index is 12.8. The van der Waals surface area contributed by atoms with Gasteiger partial charge in [0.2, 0.25) is 17.6 Å². The fourth-order valence-electron chi connectivity index (χ4n) is 4.12. The van der Waals surface area contributed by atoms with Crippen molar-refractivity contribution in [1.82, 2.24) is 15.0 Å². The van der Waals surface area contributed by atoms with E-state index in [2.05, 4.69) is 26.4 Å². The maximum Gasteiger partial charge on any atom is 0.241 e. The third-order valence-electron chi connectivity index (χ3n) is 5.47. The molecule has 0 saturated carbocycles. The second-order valence-corrected chi connectivity index (χ2v) is 8.32. The predicted octanol–water partition coefficient (Wildman–Crippen LogP) is 4.51. The van der Waals surface area contributed by atoms with Gasteiger partial charge >= 0.3 is 0 Å². The number of aryl methyl sites for hydroxylation is 3. The van der Waals surface area contributed by atoms with Crippen LogP contribution < -0.4 is 5.32 Å². The molecule has 6 heteroatoms. The third kappa shape index (κ3) is 4.94. The molecule has 6 nitrogen and oxygen atoms in total. The van der Waals surface area contributed by atoms with Crippen molar-refractivity contribution in [2.24, 2.45) is 5.92 Å². The molecule has 156 valence electrons. The number of hydrogen-bond acceptors (Lipinski definition) is 5. The summed E-state index contributed by atoms with van der Waals surface area (Å²) in [6, 6.07) is 14.2. The Kier molecular flexibility index (Phi) is 5.95. The van der Waals surface area contributed by atoms with Crippen LogP contribution in [0.15, 0.2) is 47.0 Å². The van der Waals surface area contributed by atoms with Gasteiger partial charge in [-0.2, -0.15) is 4.98 Å². The summed E-state index contributed by atoms with van der Waals surface area (Å²) < 4.78 is 5.48. The molecule has 1 fully saturated rings. The van der Waals surface area contributed by atoms with Crippen LogP contribution in [-0.4, -0.2) is 34.0 Å². The van der Waals surface area contributed by atoms with Crippen molar-refractivity contribution < 1.29 is 9.32 Å². The molecule has 1 aromatic heterocycles. The molecule has 3 aromatic rings. The van der Waals surface area contributed by atoms with E-state index in [0.29, 0.717) is 24.8 Å². The van der Waals surface area contributed by atoms with Crippen molar-refractivity contribution in [3.8, 4) is 11.4 Å². The Hall–Kier alpha value is -2.99. The molecule has 30 heavy (non-hydrogen) atoms. The zero-order valence-electron chi connectivity index (χ0n) is 17.8. The highest BCUT2D eigenvalue weighted by Gasteiger charge is 2.27. The Bertz CT molecular complexity index is 1020. The zero-order chi connectivity index (χ0) is 21.1. The first-order chi connectivity index (χ1) is 14.5. The van der Waals surface area contributed by atoms with Gasteiger partial charge in [-0.3, -0.25) is 9.69 Å². The standard InChI is InChI=1S/C24H28N4O2/c1-16-6-4-7-19(11-16)23-26-22(30-27-23)15-28-9-5-8-20(14-28)24(29)25-21-12-17(2)10-18(3)13-21/h4,6-7,10-13,20H,5,8-9,14-15H2,1-3H3,(H,25,29). The molecule has 1 unspecified atom stereocenters. The smallest absolute Gasteiger partial charge is 0.241 e. The molecule has 1 amide bonds. The van der Waals surface area contributed by atoms with Crippen LogP contribution in [0.1, 0.15) is 35.4 Å². The van der Waals surface area contributed by atoms with E-state index in [0.717, 1.165) is 47.3 Å². The molecule has 2 heterocycles. The average molecular weight is 405 g/mol. The van der Waals surface area contributed by atoms with E-state index < -0.39 is 0 Å². The lowest BCUT2D eigenvalue weighted by Gasteiger charge is -2.30. The lowest BCUT2D eigenvalue weighted by Crippen LogP contribution is -2.40. The number of likely N-dealkylation sites (tertiary alicyclic amines) is 1. The molecule has 1 saturated heterocycles. The highest BCUT2D eigenvalue weighted by atomic mass is 16.5. The lowest BCUT2D eigenvalue weighted by atomic mass is 9.97. The van der Waals surface area contributed by atoms with Crippen LogP contribution in [-0.2, 0) is 11.3 Å². The molecule has 1 aliphatic heterocycles. The van der Waals surface area contributed by atoms with E-state index in [1.807, 2.05) is 57.2 Å². The number of rotatable bonds is 5. The van der Waals surface area contributed by atoms with Gasteiger partial charge in [-0.25, -0.2) is 0 Å². The summed E-state index contributed by atoms with van der Waals surface area (Å²) >= 11 is 0. The first-order valence-corrected chi connectivity index (χ1v) is 10.5. The summed E-state index contributed by atoms with van der Waals surface area (Å²) in [5.41, 5.74) is 5.28. The van der Waals surface area contributed by atoms with Gasteiger partial charge in [0.15, 0.2) is 0 Å². The van der Waals surface area contributed by atoms with Gasteiger partial charge in [0, 0.05) is 17.8 Å². The van der Waals surface area contributed by atoms with Crippen molar-refractivity contribution in [2.45, 2.75) is 40.2 Å². The fraction of sp³-hybridized carbons (Fsp3) is 0.375. The Labute approximate surface area is 177 Å². The van der Waals surface area contributed by atoms with Crippen molar-refractivity contribution in [2.75, 3.05) is 18.4 Å². The van der Waals surface area contributed by atoms with Crippen molar-refractivity contribution >= 4 is 11.6 Å². The van der Waals surface area contributed by atoms with E-state index in [9.17, 15) is 4.79 Å². The van der Waals surface area contributed by atoms with Crippen LogP contribution in [0.4, 0.5) is 5.69 Å². The number of nitrogens with zero attached hydrogens (tertiary/aromatic N) is 3. The Morgan fingerprint density at radius 1 is 1.13 bits per heavy atom. The van der Waals surface area contributed by atoms with Gasteiger partial charge in [0.1, 0.15) is 0 Å². The molecular weight excluding hydrogens is 376 g/mol. The molecule has 1 aliphatic rings. The van der Waals surface area contributed by atoms with E-state index >= 15 is 0 Å². The van der Waals surface area contributed by atoms with Crippen molar-refractivity contribution in [3.63, 3.8) is 0 Å². The number of nitrogens with one attached hydrogen (secondary N) is 1. The van der Waals surface area contributed by atoms with E-state index in [1.165, 1.54) is 0 Å². The van der Waals surface area contributed by atoms with Crippen LogP contribution in [0.5, 0.6) is 0 Å². The van der Waals surface area contributed by atoms with Crippen LogP contribution >= 0.6 is 0 Å². The lowest BCUT2D eigenvalue weighted by molar-refractivity contribution is -0.121.